The molecule has 1 heterocycles. The first-order valence-corrected chi connectivity index (χ1v) is 9.50. The van der Waals surface area contributed by atoms with E-state index in [9.17, 15) is 9.59 Å². The molecule has 2 N–H and O–H groups in total. The Labute approximate surface area is 167 Å². The molecule has 0 aliphatic heterocycles. The van der Waals surface area contributed by atoms with Gasteiger partial charge in [-0.1, -0.05) is 42.0 Å². The highest BCUT2D eigenvalue weighted by Crippen LogP contribution is 2.41. The largest absolute Gasteiger partial charge is 0.354 e. The highest BCUT2D eigenvalue weighted by Gasteiger charge is 2.29. The van der Waals surface area contributed by atoms with E-state index in [0.29, 0.717) is 39.0 Å². The molecular weight excluding hydrogens is 362 g/mol. The molecule has 4 aromatic rings. The Kier molecular flexibility index (Phi) is 3.68. The lowest BCUT2D eigenvalue weighted by Gasteiger charge is -2.22. The Morgan fingerprint density at radius 3 is 2.31 bits per heavy atom. The molecule has 1 aliphatic carbocycles. The molecule has 5 heteroatoms. The summed E-state index contributed by atoms with van der Waals surface area (Å²) in [6.07, 6.45) is 0. The number of carbonyl (C=O) groups excluding carboxylic acids is 1. The van der Waals surface area contributed by atoms with E-state index in [1.165, 1.54) is 5.56 Å². The molecule has 0 bridgehead atoms. The lowest BCUT2D eigenvalue weighted by atomic mass is 9.85. The average Bonchev–Trinajstić information content (AvgIpc) is 2.68. The summed E-state index contributed by atoms with van der Waals surface area (Å²) in [5.74, 6) is -0.0718. The van der Waals surface area contributed by atoms with E-state index in [1.54, 1.807) is 6.07 Å². The number of aromatic nitrogens is 2. The summed E-state index contributed by atoms with van der Waals surface area (Å²) in [7, 11) is 0. The van der Waals surface area contributed by atoms with E-state index >= 15 is 0 Å². The molecule has 1 aliphatic rings. The third-order valence-corrected chi connectivity index (χ3v) is 5.49. The molecule has 29 heavy (non-hydrogen) atoms. The topological polar surface area (TPSA) is 74.8 Å². The molecule has 0 unspecified atom stereocenters. The van der Waals surface area contributed by atoms with Crippen LogP contribution in [0.4, 0.5) is 11.4 Å². The smallest absolute Gasteiger partial charge is 0.345 e. The number of anilines is 2. The molecule has 1 aromatic heterocycles. The highest BCUT2D eigenvalue weighted by molar-refractivity contribution is 6.27. The summed E-state index contributed by atoms with van der Waals surface area (Å²) in [5.41, 5.74) is 7.64. The van der Waals surface area contributed by atoms with Crippen molar-refractivity contribution in [1.29, 1.82) is 0 Å². The van der Waals surface area contributed by atoms with Crippen molar-refractivity contribution < 1.29 is 4.79 Å². The van der Waals surface area contributed by atoms with Crippen LogP contribution >= 0.6 is 0 Å². The van der Waals surface area contributed by atoms with Gasteiger partial charge in [-0.3, -0.25) is 4.79 Å². The van der Waals surface area contributed by atoms with Crippen molar-refractivity contribution in [3.05, 3.63) is 86.8 Å². The second kappa shape index (κ2) is 6.14. The van der Waals surface area contributed by atoms with Gasteiger partial charge in [0.25, 0.3) is 0 Å². The molecular formula is C24H19N3O2. The molecule has 0 saturated heterocycles. The van der Waals surface area contributed by atoms with Crippen LogP contribution in [0.2, 0.25) is 0 Å². The predicted molar refractivity (Wildman–Crippen MR) is 115 cm³/mol. The number of ketones is 1. The first-order chi connectivity index (χ1) is 13.9. The molecule has 0 spiro atoms. The minimum Gasteiger partial charge on any atom is -0.354 e. The third-order valence-electron chi connectivity index (χ3n) is 5.49. The first kappa shape index (κ1) is 17.4. The monoisotopic (exact) mass is 381 g/mol. The fourth-order valence-electron chi connectivity index (χ4n) is 4.32. The summed E-state index contributed by atoms with van der Waals surface area (Å²) >= 11 is 0. The number of aromatic amines is 1. The molecule has 3 aromatic carbocycles. The molecule has 5 nitrogen and oxygen atoms in total. The van der Waals surface area contributed by atoms with Gasteiger partial charge in [-0.05, 0) is 44.0 Å². The fourth-order valence-corrected chi connectivity index (χ4v) is 4.32. The summed E-state index contributed by atoms with van der Waals surface area (Å²) < 4.78 is 0. The Morgan fingerprint density at radius 2 is 1.59 bits per heavy atom. The van der Waals surface area contributed by atoms with Gasteiger partial charge in [0.15, 0.2) is 5.78 Å². The fraction of sp³-hybridized carbons (Fsp3) is 0.125. The van der Waals surface area contributed by atoms with Gasteiger partial charge < -0.3 is 10.3 Å². The van der Waals surface area contributed by atoms with Crippen molar-refractivity contribution in [2.75, 3.05) is 5.32 Å². The van der Waals surface area contributed by atoms with E-state index in [1.807, 2.05) is 30.3 Å². The van der Waals surface area contributed by atoms with Crippen LogP contribution in [0.25, 0.3) is 22.2 Å². The zero-order chi connectivity index (χ0) is 20.3. The maximum Gasteiger partial charge on any atom is 0.345 e. The van der Waals surface area contributed by atoms with Crippen molar-refractivity contribution in [3.8, 4) is 11.3 Å². The number of nitrogens with zero attached hydrogens (tertiary/aromatic N) is 1. The van der Waals surface area contributed by atoms with Crippen LogP contribution in [0, 0.1) is 20.8 Å². The van der Waals surface area contributed by atoms with E-state index < -0.39 is 5.69 Å². The zero-order valence-corrected chi connectivity index (χ0v) is 16.4. The molecule has 0 amide bonds. The number of nitrogens with one attached hydrogen (secondary N) is 2. The van der Waals surface area contributed by atoms with Gasteiger partial charge in [0, 0.05) is 22.2 Å². The van der Waals surface area contributed by atoms with Crippen molar-refractivity contribution in [2.24, 2.45) is 0 Å². The Hall–Kier alpha value is -3.73. The van der Waals surface area contributed by atoms with Gasteiger partial charge in [-0.15, -0.1) is 0 Å². The van der Waals surface area contributed by atoms with Crippen LogP contribution in [0.5, 0.6) is 0 Å². The first-order valence-electron chi connectivity index (χ1n) is 9.50. The van der Waals surface area contributed by atoms with E-state index in [4.69, 9.17) is 0 Å². The number of fused-ring (bicyclic) bond motifs is 2. The van der Waals surface area contributed by atoms with Crippen LogP contribution < -0.4 is 11.0 Å². The van der Waals surface area contributed by atoms with Crippen LogP contribution in [-0.2, 0) is 0 Å². The number of aryl methyl sites for hydroxylation is 3. The second-order valence-electron chi connectivity index (χ2n) is 7.57. The Balaban J connectivity index is 1.82. The minimum absolute atomic E-state index is 0.0718. The number of rotatable bonds is 2. The van der Waals surface area contributed by atoms with E-state index in [-0.39, 0.29) is 5.78 Å². The minimum atomic E-state index is -0.423. The second-order valence-corrected chi connectivity index (χ2v) is 7.57. The van der Waals surface area contributed by atoms with Crippen molar-refractivity contribution in [2.45, 2.75) is 20.8 Å². The van der Waals surface area contributed by atoms with Crippen molar-refractivity contribution in [3.63, 3.8) is 0 Å². The number of hydrogen-bond acceptors (Lipinski definition) is 4. The standard InChI is InChI=1S/C24H19N3O2/c1-12-10-13(2)21(14(3)11-12)25-18-9-8-17-19-20(18)23(28)16-7-5-4-6-15(16)22(19)27-24(29)26-17/h4-11,25H,1-3H3,(H,26,27,29). The van der Waals surface area contributed by atoms with E-state index in [0.717, 1.165) is 16.8 Å². The third kappa shape index (κ3) is 2.58. The maximum atomic E-state index is 13.5. The highest BCUT2D eigenvalue weighted by atomic mass is 16.1. The normalized spacial score (nSPS) is 12.2. The lowest BCUT2D eigenvalue weighted by molar-refractivity contribution is 0.104. The summed E-state index contributed by atoms with van der Waals surface area (Å²) in [6, 6.07) is 15.2. The Morgan fingerprint density at radius 1 is 0.897 bits per heavy atom. The van der Waals surface area contributed by atoms with Crippen molar-refractivity contribution in [1.82, 2.24) is 9.97 Å². The zero-order valence-electron chi connectivity index (χ0n) is 16.4. The van der Waals surface area contributed by atoms with Gasteiger partial charge in [0.1, 0.15) is 0 Å². The maximum absolute atomic E-state index is 13.5. The van der Waals surface area contributed by atoms with Gasteiger partial charge in [0.2, 0.25) is 0 Å². The van der Waals surface area contributed by atoms with Crippen molar-refractivity contribution >= 4 is 28.1 Å². The van der Waals surface area contributed by atoms with Crippen LogP contribution in [0.1, 0.15) is 32.6 Å². The molecule has 0 fully saturated rings. The molecule has 0 saturated carbocycles. The number of H-pyrrole nitrogens is 1. The molecule has 142 valence electrons. The summed E-state index contributed by atoms with van der Waals surface area (Å²) in [6.45, 7) is 6.17. The predicted octanol–water partition coefficient (Wildman–Crippen LogP) is 4.80. The summed E-state index contributed by atoms with van der Waals surface area (Å²) in [5, 5.41) is 4.16. The number of carbonyl (C=O) groups is 1. The Bertz CT molecular complexity index is 1380. The van der Waals surface area contributed by atoms with E-state index in [2.05, 4.69) is 48.2 Å². The van der Waals surface area contributed by atoms with Gasteiger partial charge >= 0.3 is 5.69 Å². The average molecular weight is 381 g/mol. The van der Waals surface area contributed by atoms with Crippen LogP contribution in [-0.4, -0.2) is 15.8 Å². The molecule has 0 radical (unpaired) electrons. The number of benzene rings is 3. The molecule has 0 atom stereocenters. The quantitative estimate of drug-likeness (QED) is 0.460. The summed E-state index contributed by atoms with van der Waals surface area (Å²) in [4.78, 5) is 32.6. The lowest BCUT2D eigenvalue weighted by Crippen LogP contribution is -2.19. The number of hydrogen-bond donors (Lipinski definition) is 2. The van der Waals surface area contributed by atoms with Gasteiger partial charge in [0.05, 0.1) is 22.5 Å². The van der Waals surface area contributed by atoms with Crippen LogP contribution in [0.15, 0.2) is 53.3 Å². The van der Waals surface area contributed by atoms with Gasteiger partial charge in [-0.2, -0.15) is 4.98 Å². The van der Waals surface area contributed by atoms with Gasteiger partial charge in [-0.25, -0.2) is 4.79 Å². The SMILES string of the molecule is Cc1cc(C)c(Nc2ccc3[nH]c(=O)nc4c3c2C(=O)c2ccccc2-4)c(C)c1. The van der Waals surface area contributed by atoms with Crippen LogP contribution in [0.3, 0.4) is 0 Å². The molecule has 5 rings (SSSR count).